The molecule has 112 valence electrons. The van der Waals surface area contributed by atoms with Gasteiger partial charge in [0.15, 0.2) is 0 Å². The number of ether oxygens (including phenoxy) is 1. The lowest BCUT2D eigenvalue weighted by Crippen LogP contribution is -2.53. The van der Waals surface area contributed by atoms with Crippen molar-refractivity contribution in [3.63, 3.8) is 0 Å². The maximum Gasteiger partial charge on any atom is 0.231 e. The summed E-state index contributed by atoms with van der Waals surface area (Å²) in [5.41, 5.74) is 5.52. The highest BCUT2D eigenvalue weighted by molar-refractivity contribution is 5.95. The van der Waals surface area contributed by atoms with Crippen LogP contribution in [0.4, 0.5) is 5.69 Å². The summed E-state index contributed by atoms with van der Waals surface area (Å²) in [4.78, 5) is 12.4. The number of amides is 1. The lowest BCUT2D eigenvalue weighted by molar-refractivity contribution is -0.126. The van der Waals surface area contributed by atoms with Gasteiger partial charge in [0.2, 0.25) is 5.91 Å². The van der Waals surface area contributed by atoms with E-state index in [1.807, 2.05) is 52.0 Å². The second kappa shape index (κ2) is 6.27. The van der Waals surface area contributed by atoms with Crippen molar-refractivity contribution < 1.29 is 9.53 Å². The van der Waals surface area contributed by atoms with Crippen LogP contribution in [0.3, 0.4) is 0 Å². The molecule has 0 aliphatic heterocycles. The first-order valence-corrected chi connectivity index (χ1v) is 7.01. The molecule has 0 spiro atoms. The van der Waals surface area contributed by atoms with Gasteiger partial charge in [-0.05, 0) is 46.2 Å². The third-order valence-corrected chi connectivity index (χ3v) is 3.74. The Balaban J connectivity index is 2.81. The smallest absolute Gasteiger partial charge is 0.231 e. The van der Waals surface area contributed by atoms with Crippen LogP contribution in [0, 0.1) is 5.41 Å². The van der Waals surface area contributed by atoms with Gasteiger partial charge < -0.3 is 15.8 Å². The molecule has 0 fully saturated rings. The molecule has 0 heterocycles. The highest BCUT2D eigenvalue weighted by Gasteiger charge is 2.40. The molecule has 4 nitrogen and oxygen atoms in total. The summed E-state index contributed by atoms with van der Waals surface area (Å²) in [7, 11) is 0. The van der Waals surface area contributed by atoms with Gasteiger partial charge in [0.1, 0.15) is 5.75 Å². The van der Waals surface area contributed by atoms with Crippen LogP contribution in [0.5, 0.6) is 5.75 Å². The van der Waals surface area contributed by atoms with E-state index in [0.29, 0.717) is 6.61 Å². The van der Waals surface area contributed by atoms with Gasteiger partial charge in [-0.1, -0.05) is 13.0 Å². The number of benzene rings is 1. The van der Waals surface area contributed by atoms with Gasteiger partial charge in [-0.15, -0.1) is 0 Å². The monoisotopic (exact) mass is 278 g/mol. The summed E-state index contributed by atoms with van der Waals surface area (Å²) in [6.45, 7) is 10.1. The van der Waals surface area contributed by atoms with E-state index in [9.17, 15) is 4.79 Å². The summed E-state index contributed by atoms with van der Waals surface area (Å²) >= 11 is 0. The Kier molecular flexibility index (Phi) is 5.17. The SMILES string of the molecule is CCCOc1cccc(NC(=O)C(C)(C)C(C)(C)N)c1. The third-order valence-electron chi connectivity index (χ3n) is 3.74. The highest BCUT2D eigenvalue weighted by atomic mass is 16.5. The molecule has 0 atom stereocenters. The molecule has 0 saturated heterocycles. The van der Waals surface area contributed by atoms with E-state index in [0.717, 1.165) is 17.9 Å². The molecule has 1 aromatic carbocycles. The number of hydrogen-bond donors (Lipinski definition) is 2. The molecule has 0 aliphatic carbocycles. The van der Waals surface area contributed by atoms with Gasteiger partial charge in [-0.2, -0.15) is 0 Å². The maximum absolute atomic E-state index is 12.4. The number of carbonyl (C=O) groups excluding carboxylic acids is 1. The van der Waals surface area contributed by atoms with Crippen molar-refractivity contribution in [2.75, 3.05) is 11.9 Å². The van der Waals surface area contributed by atoms with E-state index >= 15 is 0 Å². The van der Waals surface area contributed by atoms with Crippen LogP contribution in [0.1, 0.15) is 41.0 Å². The molecule has 3 N–H and O–H groups in total. The Morgan fingerprint density at radius 3 is 2.50 bits per heavy atom. The first kappa shape index (κ1) is 16.5. The highest BCUT2D eigenvalue weighted by Crippen LogP contribution is 2.30. The molecular weight excluding hydrogens is 252 g/mol. The predicted molar refractivity (Wildman–Crippen MR) is 82.9 cm³/mol. The molecule has 20 heavy (non-hydrogen) atoms. The van der Waals surface area contributed by atoms with Gasteiger partial charge in [0, 0.05) is 17.3 Å². The van der Waals surface area contributed by atoms with Gasteiger partial charge >= 0.3 is 0 Å². The largest absolute Gasteiger partial charge is 0.494 e. The van der Waals surface area contributed by atoms with E-state index in [4.69, 9.17) is 10.5 Å². The lowest BCUT2D eigenvalue weighted by atomic mass is 9.74. The minimum Gasteiger partial charge on any atom is -0.494 e. The third kappa shape index (κ3) is 3.97. The number of carbonyl (C=O) groups is 1. The molecule has 1 aromatic rings. The first-order valence-electron chi connectivity index (χ1n) is 7.01. The average Bonchev–Trinajstić information content (AvgIpc) is 2.35. The zero-order chi connectivity index (χ0) is 15.4. The van der Waals surface area contributed by atoms with Crippen LogP contribution >= 0.6 is 0 Å². The second-order valence-corrected chi connectivity index (χ2v) is 6.18. The molecule has 0 aromatic heterocycles. The normalized spacial score (nSPS) is 12.1. The molecule has 0 radical (unpaired) electrons. The van der Waals surface area contributed by atoms with Gasteiger partial charge in [-0.25, -0.2) is 0 Å². The number of anilines is 1. The predicted octanol–water partition coefficient (Wildman–Crippen LogP) is 3.18. The molecule has 1 amide bonds. The van der Waals surface area contributed by atoms with Gasteiger partial charge in [0.05, 0.1) is 12.0 Å². The van der Waals surface area contributed by atoms with E-state index in [1.54, 1.807) is 0 Å². The van der Waals surface area contributed by atoms with Crippen molar-refractivity contribution in [2.45, 2.75) is 46.6 Å². The molecule has 0 unspecified atom stereocenters. The number of nitrogens with two attached hydrogens (primary N) is 1. The fourth-order valence-electron chi connectivity index (χ4n) is 1.46. The number of nitrogens with one attached hydrogen (secondary N) is 1. The van der Waals surface area contributed by atoms with Crippen LogP contribution < -0.4 is 15.8 Å². The van der Waals surface area contributed by atoms with E-state index < -0.39 is 11.0 Å². The van der Waals surface area contributed by atoms with Crippen molar-refractivity contribution in [2.24, 2.45) is 11.1 Å². The molecule has 0 bridgehead atoms. The number of hydrogen-bond acceptors (Lipinski definition) is 3. The number of rotatable bonds is 6. The Morgan fingerprint density at radius 2 is 1.95 bits per heavy atom. The standard InChI is InChI=1S/C16H26N2O2/c1-6-10-20-13-9-7-8-12(11-13)18-14(19)15(2,3)16(4,5)17/h7-9,11H,6,10,17H2,1-5H3,(H,18,19). The van der Waals surface area contributed by atoms with Crippen molar-refractivity contribution >= 4 is 11.6 Å². The van der Waals surface area contributed by atoms with Crippen molar-refractivity contribution in [3.05, 3.63) is 24.3 Å². The van der Waals surface area contributed by atoms with Gasteiger partial charge in [-0.3, -0.25) is 4.79 Å². The molecule has 0 saturated carbocycles. The maximum atomic E-state index is 12.4. The quantitative estimate of drug-likeness (QED) is 0.840. The Labute approximate surface area is 121 Å². The Bertz CT molecular complexity index is 462. The van der Waals surface area contributed by atoms with Crippen LogP contribution in [-0.2, 0) is 4.79 Å². The van der Waals surface area contributed by atoms with E-state index in [1.165, 1.54) is 0 Å². The summed E-state index contributed by atoms with van der Waals surface area (Å²) in [6, 6.07) is 7.41. The fraction of sp³-hybridized carbons (Fsp3) is 0.562. The van der Waals surface area contributed by atoms with Crippen molar-refractivity contribution in [1.82, 2.24) is 0 Å². The van der Waals surface area contributed by atoms with Crippen LogP contribution in [-0.4, -0.2) is 18.1 Å². The van der Waals surface area contributed by atoms with Crippen LogP contribution in [0.15, 0.2) is 24.3 Å². The first-order chi connectivity index (χ1) is 9.18. The average molecular weight is 278 g/mol. The second-order valence-electron chi connectivity index (χ2n) is 6.18. The minimum absolute atomic E-state index is 0.0994. The molecule has 4 heteroatoms. The zero-order valence-electron chi connectivity index (χ0n) is 13.1. The fourth-order valence-corrected chi connectivity index (χ4v) is 1.46. The summed E-state index contributed by atoms with van der Waals surface area (Å²) in [5, 5.41) is 2.91. The Hall–Kier alpha value is -1.55. The summed E-state index contributed by atoms with van der Waals surface area (Å²) in [5.74, 6) is 0.659. The molecule has 1 rings (SSSR count). The van der Waals surface area contributed by atoms with Crippen molar-refractivity contribution in [1.29, 1.82) is 0 Å². The molecule has 0 aliphatic rings. The van der Waals surface area contributed by atoms with E-state index in [-0.39, 0.29) is 5.91 Å². The topological polar surface area (TPSA) is 64.3 Å². The van der Waals surface area contributed by atoms with E-state index in [2.05, 4.69) is 12.2 Å². The minimum atomic E-state index is -0.673. The molecular formula is C16H26N2O2. The van der Waals surface area contributed by atoms with Crippen molar-refractivity contribution in [3.8, 4) is 5.75 Å². The lowest BCUT2D eigenvalue weighted by Gasteiger charge is -2.36. The van der Waals surface area contributed by atoms with Crippen LogP contribution in [0.25, 0.3) is 0 Å². The summed E-state index contributed by atoms with van der Waals surface area (Å²) in [6.07, 6.45) is 0.949. The zero-order valence-corrected chi connectivity index (χ0v) is 13.1. The summed E-state index contributed by atoms with van der Waals surface area (Å²) < 4.78 is 5.55. The Morgan fingerprint density at radius 1 is 1.30 bits per heavy atom. The van der Waals surface area contributed by atoms with Gasteiger partial charge in [0.25, 0.3) is 0 Å². The van der Waals surface area contributed by atoms with Crippen LogP contribution in [0.2, 0.25) is 0 Å².